The summed E-state index contributed by atoms with van der Waals surface area (Å²) < 4.78 is 5.13. The molecular formula is C11H15ClO. The molecule has 0 spiro atoms. The van der Waals surface area contributed by atoms with Crippen LogP contribution in [0.15, 0.2) is 24.3 Å². The Morgan fingerprint density at radius 1 is 1.23 bits per heavy atom. The van der Waals surface area contributed by atoms with Gasteiger partial charge in [-0.15, -0.1) is 0 Å². The smallest absolute Gasteiger partial charge is 0.162 e. The number of unbranched alkanes of at least 4 members (excludes halogenated alkanes) is 1. The molecule has 0 bridgehead atoms. The van der Waals surface area contributed by atoms with Crippen LogP contribution in [0.25, 0.3) is 0 Å². The quantitative estimate of drug-likeness (QED) is 0.657. The summed E-state index contributed by atoms with van der Waals surface area (Å²) in [5, 5.41) is 0. The van der Waals surface area contributed by atoms with E-state index in [1.54, 1.807) is 0 Å². The molecule has 0 radical (unpaired) electrons. The number of benzene rings is 1. The molecule has 0 saturated carbocycles. The summed E-state index contributed by atoms with van der Waals surface area (Å²) in [6, 6.07) is 8.34. The lowest BCUT2D eigenvalue weighted by molar-refractivity contribution is 0.388. The molecule has 1 aromatic carbocycles. The largest absolute Gasteiger partial charge is 0.478 e. The highest BCUT2D eigenvalue weighted by Crippen LogP contribution is 2.13. The Hall–Kier alpha value is -0.690. The average molecular weight is 199 g/mol. The predicted molar refractivity (Wildman–Crippen MR) is 56.4 cm³/mol. The van der Waals surface area contributed by atoms with Crippen molar-refractivity contribution in [3.8, 4) is 5.75 Å². The first kappa shape index (κ1) is 10.4. The van der Waals surface area contributed by atoms with Gasteiger partial charge in [0.1, 0.15) is 5.75 Å². The van der Waals surface area contributed by atoms with Crippen LogP contribution in [0.4, 0.5) is 0 Å². The molecule has 1 nitrogen and oxygen atoms in total. The van der Waals surface area contributed by atoms with Crippen molar-refractivity contribution in [1.29, 1.82) is 0 Å². The van der Waals surface area contributed by atoms with Gasteiger partial charge in [0.15, 0.2) is 6.07 Å². The zero-order valence-corrected chi connectivity index (χ0v) is 8.68. The van der Waals surface area contributed by atoms with Gasteiger partial charge in [0.25, 0.3) is 0 Å². The van der Waals surface area contributed by atoms with Crippen molar-refractivity contribution >= 4 is 11.6 Å². The van der Waals surface area contributed by atoms with E-state index < -0.39 is 0 Å². The topological polar surface area (TPSA) is 9.23 Å². The first-order chi connectivity index (χ1) is 6.36. The van der Waals surface area contributed by atoms with Gasteiger partial charge in [-0.05, 0) is 30.5 Å². The molecule has 0 saturated heterocycles. The minimum absolute atomic E-state index is 0.217. The Morgan fingerprint density at radius 2 is 1.92 bits per heavy atom. The second-order valence-electron chi connectivity index (χ2n) is 3.00. The van der Waals surface area contributed by atoms with Gasteiger partial charge in [0, 0.05) is 0 Å². The number of halogens is 1. The molecule has 1 rings (SSSR count). The van der Waals surface area contributed by atoms with Gasteiger partial charge in [-0.1, -0.05) is 37.1 Å². The third-order valence-corrected chi connectivity index (χ3v) is 2.07. The zero-order chi connectivity index (χ0) is 9.52. The van der Waals surface area contributed by atoms with E-state index >= 15 is 0 Å². The third kappa shape index (κ3) is 3.69. The molecule has 0 aromatic heterocycles. The standard InChI is InChI=1S/C11H15ClO/c1-2-3-4-10-5-7-11(8-6-10)13-9-12/h5-8H,2-4,9H2,1H3. The van der Waals surface area contributed by atoms with Crippen molar-refractivity contribution < 1.29 is 4.74 Å². The third-order valence-electron chi connectivity index (χ3n) is 1.96. The van der Waals surface area contributed by atoms with Crippen molar-refractivity contribution in [3.05, 3.63) is 29.8 Å². The van der Waals surface area contributed by atoms with Crippen molar-refractivity contribution in [2.45, 2.75) is 26.2 Å². The molecule has 72 valence electrons. The lowest BCUT2D eigenvalue weighted by atomic mass is 10.1. The highest BCUT2D eigenvalue weighted by molar-refractivity contribution is 6.17. The van der Waals surface area contributed by atoms with E-state index in [0.29, 0.717) is 0 Å². The van der Waals surface area contributed by atoms with Crippen LogP contribution in [0.2, 0.25) is 0 Å². The van der Waals surface area contributed by atoms with Crippen LogP contribution in [0, 0.1) is 0 Å². The summed E-state index contributed by atoms with van der Waals surface area (Å²) in [6.07, 6.45) is 3.63. The van der Waals surface area contributed by atoms with Gasteiger partial charge in [0.2, 0.25) is 0 Å². The second kappa shape index (κ2) is 5.87. The summed E-state index contributed by atoms with van der Waals surface area (Å²) in [6.45, 7) is 2.20. The van der Waals surface area contributed by atoms with Crippen molar-refractivity contribution in [1.82, 2.24) is 0 Å². The summed E-state index contributed by atoms with van der Waals surface area (Å²) in [5.74, 6) is 0.843. The van der Waals surface area contributed by atoms with E-state index in [4.69, 9.17) is 16.3 Å². The molecule has 0 amide bonds. The molecule has 0 fully saturated rings. The van der Waals surface area contributed by atoms with Crippen LogP contribution in [-0.4, -0.2) is 6.07 Å². The Morgan fingerprint density at radius 3 is 2.46 bits per heavy atom. The predicted octanol–water partition coefficient (Wildman–Crippen LogP) is 3.60. The Labute approximate surface area is 84.7 Å². The molecule has 2 heteroatoms. The number of hydrogen-bond donors (Lipinski definition) is 0. The van der Waals surface area contributed by atoms with Crippen LogP contribution in [0.5, 0.6) is 5.75 Å². The molecule has 0 aliphatic heterocycles. The van der Waals surface area contributed by atoms with Crippen molar-refractivity contribution in [3.63, 3.8) is 0 Å². The summed E-state index contributed by atoms with van der Waals surface area (Å²) >= 11 is 5.44. The van der Waals surface area contributed by atoms with Gasteiger partial charge in [-0.3, -0.25) is 0 Å². The normalized spacial score (nSPS) is 10.0. The first-order valence-electron chi connectivity index (χ1n) is 4.64. The van der Waals surface area contributed by atoms with Crippen LogP contribution >= 0.6 is 11.6 Å². The number of alkyl halides is 1. The highest BCUT2D eigenvalue weighted by Gasteiger charge is 1.94. The molecule has 0 aliphatic carbocycles. The molecule has 1 aromatic rings. The van der Waals surface area contributed by atoms with E-state index in [1.165, 1.54) is 18.4 Å². The molecule has 0 N–H and O–H groups in total. The molecule has 0 heterocycles. The molecule has 0 unspecified atom stereocenters. The number of ether oxygens (including phenoxy) is 1. The van der Waals surface area contributed by atoms with E-state index in [-0.39, 0.29) is 6.07 Å². The highest BCUT2D eigenvalue weighted by atomic mass is 35.5. The van der Waals surface area contributed by atoms with Gasteiger partial charge in [-0.2, -0.15) is 0 Å². The van der Waals surface area contributed by atoms with Crippen molar-refractivity contribution in [2.75, 3.05) is 6.07 Å². The SMILES string of the molecule is CCCCc1ccc(OCCl)cc1. The lowest BCUT2D eigenvalue weighted by Gasteiger charge is -2.03. The van der Waals surface area contributed by atoms with Gasteiger partial charge in [-0.25, -0.2) is 0 Å². The van der Waals surface area contributed by atoms with E-state index in [2.05, 4.69) is 19.1 Å². The maximum Gasteiger partial charge on any atom is 0.162 e. The molecule has 0 atom stereocenters. The fraction of sp³-hybridized carbons (Fsp3) is 0.455. The fourth-order valence-corrected chi connectivity index (χ4v) is 1.32. The monoisotopic (exact) mass is 198 g/mol. The Balaban J connectivity index is 2.48. The van der Waals surface area contributed by atoms with Crippen LogP contribution in [0.3, 0.4) is 0 Å². The maximum absolute atomic E-state index is 5.44. The zero-order valence-electron chi connectivity index (χ0n) is 7.92. The van der Waals surface area contributed by atoms with Crippen molar-refractivity contribution in [2.24, 2.45) is 0 Å². The average Bonchev–Trinajstić information content (AvgIpc) is 2.17. The van der Waals surface area contributed by atoms with Crippen LogP contribution < -0.4 is 4.74 Å². The van der Waals surface area contributed by atoms with Crippen LogP contribution in [0.1, 0.15) is 25.3 Å². The number of aryl methyl sites for hydroxylation is 1. The fourth-order valence-electron chi connectivity index (χ4n) is 1.20. The minimum atomic E-state index is 0.217. The second-order valence-corrected chi connectivity index (χ2v) is 3.22. The van der Waals surface area contributed by atoms with E-state index in [9.17, 15) is 0 Å². The lowest BCUT2D eigenvalue weighted by Crippen LogP contribution is -1.89. The maximum atomic E-state index is 5.44. The van der Waals surface area contributed by atoms with Gasteiger partial charge >= 0.3 is 0 Å². The van der Waals surface area contributed by atoms with E-state index in [0.717, 1.165) is 12.2 Å². The number of hydrogen-bond acceptors (Lipinski definition) is 1. The molecule has 0 aliphatic rings. The molecule has 13 heavy (non-hydrogen) atoms. The Bertz CT molecular complexity index is 230. The molecular weight excluding hydrogens is 184 g/mol. The summed E-state index contributed by atoms with van der Waals surface area (Å²) in [4.78, 5) is 0. The van der Waals surface area contributed by atoms with Gasteiger partial charge < -0.3 is 4.74 Å². The minimum Gasteiger partial charge on any atom is -0.478 e. The number of rotatable bonds is 5. The first-order valence-corrected chi connectivity index (χ1v) is 5.18. The Kier molecular flexibility index (Phi) is 4.69. The van der Waals surface area contributed by atoms with E-state index in [1.807, 2.05) is 12.1 Å². The summed E-state index contributed by atoms with van der Waals surface area (Å²) in [7, 11) is 0. The summed E-state index contributed by atoms with van der Waals surface area (Å²) in [5.41, 5.74) is 1.36. The van der Waals surface area contributed by atoms with Gasteiger partial charge in [0.05, 0.1) is 0 Å². The van der Waals surface area contributed by atoms with Crippen LogP contribution in [-0.2, 0) is 6.42 Å².